The summed E-state index contributed by atoms with van der Waals surface area (Å²) >= 11 is 0. The normalized spacial score (nSPS) is 10.0. The molecule has 0 aromatic heterocycles. The average Bonchev–Trinajstić information content (AvgIpc) is 1.87. The van der Waals surface area contributed by atoms with Gasteiger partial charge in [0.2, 0.25) is 5.78 Å². The molecule has 0 saturated carbocycles. The number of halogens is 3. The van der Waals surface area contributed by atoms with Crippen LogP contribution < -0.4 is 0 Å². The number of carbonyl (C=O) groups excluding carboxylic acids is 2. The molecular weight excluding hydrogens is 149 g/mol. The Labute approximate surface area is 55.0 Å². The van der Waals surface area contributed by atoms with Crippen LogP contribution in [0, 0.1) is 0 Å². The minimum Gasteiger partial charge on any atom is -0.296 e. The van der Waals surface area contributed by atoms with E-state index in [9.17, 15) is 22.8 Å². The topological polar surface area (TPSA) is 34.1 Å². The van der Waals surface area contributed by atoms with Crippen LogP contribution in [0.15, 0.2) is 0 Å². The van der Waals surface area contributed by atoms with Crippen LogP contribution in [0.5, 0.6) is 0 Å². The first-order chi connectivity index (χ1) is 4.57. The van der Waals surface area contributed by atoms with E-state index in [1.807, 2.05) is 0 Å². The molecule has 0 aliphatic heterocycles. The Morgan fingerprint density at radius 3 is 2.10 bits per heavy atom. The summed E-state index contributed by atoms with van der Waals surface area (Å²) in [7, 11) is 0. The second-order valence-electron chi connectivity index (χ2n) is 1.62. The van der Waals surface area contributed by atoms with Crippen molar-refractivity contribution in [3.63, 3.8) is 0 Å². The van der Waals surface area contributed by atoms with Crippen molar-refractivity contribution in [2.24, 2.45) is 0 Å². The summed E-state index contributed by atoms with van der Waals surface area (Å²) in [5.41, 5.74) is 0. The van der Waals surface area contributed by atoms with Gasteiger partial charge in [0.1, 0.15) is 6.67 Å². The third-order valence-corrected chi connectivity index (χ3v) is 0.764. The van der Waals surface area contributed by atoms with Gasteiger partial charge in [-0.3, -0.25) is 9.59 Å². The zero-order chi connectivity index (χ0) is 8.15. The van der Waals surface area contributed by atoms with Gasteiger partial charge in [-0.1, -0.05) is 0 Å². The third-order valence-electron chi connectivity index (χ3n) is 0.764. The maximum absolute atomic E-state index is 11.3. The van der Waals surface area contributed by atoms with Crippen LogP contribution in [0.4, 0.5) is 13.2 Å². The first-order valence-electron chi connectivity index (χ1n) is 2.46. The molecule has 0 amide bonds. The molecule has 0 bridgehead atoms. The van der Waals surface area contributed by atoms with Gasteiger partial charge in [0, 0.05) is 0 Å². The molecule has 5 heteroatoms. The van der Waals surface area contributed by atoms with Gasteiger partial charge in [-0.25, -0.2) is 13.2 Å². The number of rotatable bonds is 4. The molecule has 10 heavy (non-hydrogen) atoms. The Kier molecular flexibility index (Phi) is 3.68. The molecule has 0 aliphatic rings. The second-order valence-corrected chi connectivity index (χ2v) is 1.62. The number of ketones is 2. The van der Waals surface area contributed by atoms with Crippen LogP contribution in [0.2, 0.25) is 0 Å². The quantitative estimate of drug-likeness (QED) is 0.560. The number of alkyl halides is 3. The highest BCUT2D eigenvalue weighted by Gasteiger charge is 2.18. The van der Waals surface area contributed by atoms with Gasteiger partial charge in [-0.15, -0.1) is 0 Å². The lowest BCUT2D eigenvalue weighted by Gasteiger charge is -1.93. The summed E-state index contributed by atoms with van der Waals surface area (Å²) in [6.07, 6.45) is -4.18. The summed E-state index contributed by atoms with van der Waals surface area (Å²) in [6, 6.07) is 0. The van der Waals surface area contributed by atoms with Crippen LogP contribution >= 0.6 is 0 Å². The number of carbonyl (C=O) groups is 2. The average molecular weight is 154 g/mol. The van der Waals surface area contributed by atoms with Crippen molar-refractivity contribution >= 4 is 11.6 Å². The second kappa shape index (κ2) is 4.03. The van der Waals surface area contributed by atoms with E-state index in [2.05, 4.69) is 0 Å². The minimum absolute atomic E-state index is 1.01. The van der Waals surface area contributed by atoms with E-state index in [-0.39, 0.29) is 0 Å². The largest absolute Gasteiger partial charge is 0.296 e. The minimum atomic E-state index is -3.17. The Hall–Kier alpha value is -0.870. The highest BCUT2D eigenvalue weighted by molar-refractivity contribution is 6.00. The summed E-state index contributed by atoms with van der Waals surface area (Å²) in [4.78, 5) is 20.0. The van der Waals surface area contributed by atoms with Crippen LogP contribution in [0.3, 0.4) is 0 Å². The molecule has 0 unspecified atom stereocenters. The van der Waals surface area contributed by atoms with Gasteiger partial charge in [0.15, 0.2) is 5.78 Å². The van der Waals surface area contributed by atoms with Crippen molar-refractivity contribution in [3.8, 4) is 0 Å². The summed E-state index contributed by atoms with van der Waals surface area (Å²) in [5, 5.41) is 0. The first-order valence-corrected chi connectivity index (χ1v) is 2.46. The molecule has 2 nitrogen and oxygen atoms in total. The molecule has 0 spiro atoms. The van der Waals surface area contributed by atoms with Crippen molar-refractivity contribution in [2.45, 2.75) is 12.8 Å². The molecule has 0 radical (unpaired) electrons. The van der Waals surface area contributed by atoms with E-state index in [0.717, 1.165) is 0 Å². The van der Waals surface area contributed by atoms with Crippen LogP contribution in [-0.4, -0.2) is 24.7 Å². The molecular formula is C5H5F3O2. The van der Waals surface area contributed by atoms with Crippen molar-refractivity contribution in [1.29, 1.82) is 0 Å². The molecule has 58 valence electrons. The standard InChI is InChI=1S/C5H5F3O2/c6-2-3(9)1-4(10)5(7)8/h5H,1-2H2. The zero-order valence-corrected chi connectivity index (χ0v) is 4.94. The summed E-state index contributed by atoms with van der Waals surface area (Å²) < 4.78 is 33.9. The Morgan fingerprint density at radius 2 is 1.80 bits per heavy atom. The lowest BCUT2D eigenvalue weighted by molar-refractivity contribution is -0.134. The van der Waals surface area contributed by atoms with E-state index in [1.54, 1.807) is 0 Å². The molecule has 0 rings (SSSR count). The van der Waals surface area contributed by atoms with E-state index < -0.39 is 31.1 Å². The van der Waals surface area contributed by atoms with Gasteiger partial charge in [-0.05, 0) is 0 Å². The fraction of sp³-hybridized carbons (Fsp3) is 0.600. The summed E-state index contributed by atoms with van der Waals surface area (Å²) in [6.45, 7) is -1.36. The fourth-order valence-corrected chi connectivity index (χ4v) is 0.319. The SMILES string of the molecule is O=C(CF)CC(=O)C(F)F. The fourth-order valence-electron chi connectivity index (χ4n) is 0.319. The molecule has 0 saturated heterocycles. The molecule has 0 atom stereocenters. The van der Waals surface area contributed by atoms with Crippen molar-refractivity contribution in [2.75, 3.05) is 6.67 Å². The highest BCUT2D eigenvalue weighted by atomic mass is 19.3. The van der Waals surface area contributed by atoms with Gasteiger partial charge in [0.25, 0.3) is 6.43 Å². The molecule has 0 heterocycles. The monoisotopic (exact) mass is 154 g/mol. The van der Waals surface area contributed by atoms with Gasteiger partial charge < -0.3 is 0 Å². The van der Waals surface area contributed by atoms with E-state index >= 15 is 0 Å². The van der Waals surface area contributed by atoms with Crippen LogP contribution in [-0.2, 0) is 9.59 Å². The predicted octanol–water partition coefficient (Wildman–Crippen LogP) is 0.749. The first kappa shape index (κ1) is 9.13. The Morgan fingerprint density at radius 1 is 1.30 bits per heavy atom. The van der Waals surface area contributed by atoms with Crippen molar-refractivity contribution in [3.05, 3.63) is 0 Å². The maximum Gasteiger partial charge on any atom is 0.296 e. The van der Waals surface area contributed by atoms with Gasteiger partial charge in [-0.2, -0.15) is 0 Å². The molecule has 0 aliphatic carbocycles. The van der Waals surface area contributed by atoms with Crippen LogP contribution in [0.25, 0.3) is 0 Å². The van der Waals surface area contributed by atoms with E-state index in [1.165, 1.54) is 0 Å². The number of hydrogen-bond donors (Lipinski definition) is 0. The number of hydrogen-bond acceptors (Lipinski definition) is 2. The smallest absolute Gasteiger partial charge is 0.296 e. The van der Waals surface area contributed by atoms with Gasteiger partial charge >= 0.3 is 0 Å². The lowest BCUT2D eigenvalue weighted by atomic mass is 10.2. The maximum atomic E-state index is 11.3. The zero-order valence-electron chi connectivity index (χ0n) is 4.94. The Balaban J connectivity index is 3.69. The van der Waals surface area contributed by atoms with E-state index in [0.29, 0.717) is 0 Å². The molecule has 0 fully saturated rings. The highest BCUT2D eigenvalue weighted by Crippen LogP contribution is 1.98. The summed E-state index contributed by atoms with van der Waals surface area (Å²) in [5.74, 6) is -2.63. The van der Waals surface area contributed by atoms with Crippen molar-refractivity contribution in [1.82, 2.24) is 0 Å². The van der Waals surface area contributed by atoms with Crippen molar-refractivity contribution < 1.29 is 22.8 Å². The molecule has 0 aromatic rings. The lowest BCUT2D eigenvalue weighted by Crippen LogP contribution is -2.15. The predicted molar refractivity (Wildman–Crippen MR) is 26.6 cm³/mol. The third kappa shape index (κ3) is 3.21. The van der Waals surface area contributed by atoms with Gasteiger partial charge in [0.05, 0.1) is 6.42 Å². The number of Topliss-reactive ketones (excluding diaryl/α,β-unsaturated/α-hetero) is 2. The molecule has 0 aromatic carbocycles. The molecule has 0 N–H and O–H groups in total. The van der Waals surface area contributed by atoms with E-state index in [4.69, 9.17) is 0 Å². The Bertz CT molecular complexity index is 144. The van der Waals surface area contributed by atoms with Crippen LogP contribution in [0.1, 0.15) is 6.42 Å².